The molecular weight excluding hydrogens is 303 g/mol. The number of phenols is 1. The van der Waals surface area contributed by atoms with Gasteiger partial charge in [-0.15, -0.1) is 0 Å². The van der Waals surface area contributed by atoms with Crippen molar-refractivity contribution in [1.82, 2.24) is 9.80 Å². The molecule has 1 saturated heterocycles. The van der Waals surface area contributed by atoms with Crippen molar-refractivity contribution in [1.29, 1.82) is 0 Å². The summed E-state index contributed by atoms with van der Waals surface area (Å²) in [5, 5.41) is 10.5. The number of carbonyl (C=O) groups excluding carboxylic acids is 2. The fraction of sp³-hybridized carbons (Fsp3) is 0.385. The zero-order chi connectivity index (χ0) is 14.9. The molecule has 0 aliphatic carbocycles. The standard InChI is InChI=1S/C13H14Cl2N2O3/c1-16(7-17-11(18)2-3-12(17)19)6-8-4-9(14)5-10(15)13(8)20/h4-5,20H,2-3,6-7H2,1H3. The summed E-state index contributed by atoms with van der Waals surface area (Å²) in [7, 11) is 1.74. The highest BCUT2D eigenvalue weighted by Crippen LogP contribution is 2.31. The first-order chi connectivity index (χ1) is 9.38. The summed E-state index contributed by atoms with van der Waals surface area (Å²) in [6.45, 7) is 0.504. The molecule has 7 heteroatoms. The first kappa shape index (κ1) is 15.1. The van der Waals surface area contributed by atoms with Gasteiger partial charge in [-0.05, 0) is 19.2 Å². The number of hydrogen-bond donors (Lipinski definition) is 1. The number of halogens is 2. The van der Waals surface area contributed by atoms with Crippen LogP contribution in [0.1, 0.15) is 18.4 Å². The Morgan fingerprint density at radius 2 is 1.85 bits per heavy atom. The fourth-order valence-electron chi connectivity index (χ4n) is 2.10. The van der Waals surface area contributed by atoms with E-state index in [4.69, 9.17) is 23.2 Å². The SMILES string of the molecule is CN(Cc1cc(Cl)cc(Cl)c1O)CN1C(=O)CCC1=O. The third-order valence-electron chi connectivity index (χ3n) is 3.09. The molecule has 0 bridgehead atoms. The van der Waals surface area contributed by atoms with E-state index in [9.17, 15) is 14.7 Å². The van der Waals surface area contributed by atoms with Gasteiger partial charge in [-0.25, -0.2) is 0 Å². The minimum absolute atomic E-state index is 0.0398. The average molecular weight is 317 g/mol. The van der Waals surface area contributed by atoms with E-state index in [1.54, 1.807) is 18.0 Å². The van der Waals surface area contributed by atoms with Gasteiger partial charge in [0.2, 0.25) is 11.8 Å². The number of amides is 2. The van der Waals surface area contributed by atoms with Gasteiger partial charge in [0, 0.05) is 30.0 Å². The van der Waals surface area contributed by atoms with Crippen molar-refractivity contribution < 1.29 is 14.7 Å². The summed E-state index contributed by atoms with van der Waals surface area (Å²) in [5.74, 6) is -0.382. The van der Waals surface area contributed by atoms with Crippen LogP contribution in [-0.2, 0) is 16.1 Å². The third-order valence-corrected chi connectivity index (χ3v) is 3.59. The maximum atomic E-state index is 11.5. The van der Waals surface area contributed by atoms with E-state index < -0.39 is 0 Å². The summed E-state index contributed by atoms with van der Waals surface area (Å²) in [4.78, 5) is 26.0. The van der Waals surface area contributed by atoms with Crippen molar-refractivity contribution in [3.8, 4) is 5.75 Å². The molecule has 1 aromatic carbocycles. The Labute approximate surface area is 126 Å². The normalized spacial score (nSPS) is 15.5. The Hall–Kier alpha value is -1.30. The third kappa shape index (κ3) is 3.23. The lowest BCUT2D eigenvalue weighted by atomic mass is 10.2. The molecule has 20 heavy (non-hydrogen) atoms. The molecule has 1 heterocycles. The second-order valence-electron chi connectivity index (χ2n) is 4.77. The Balaban J connectivity index is 2.07. The predicted molar refractivity (Wildman–Crippen MR) is 75.5 cm³/mol. The first-order valence-corrected chi connectivity index (χ1v) is 6.82. The van der Waals surface area contributed by atoms with E-state index >= 15 is 0 Å². The van der Waals surface area contributed by atoms with E-state index in [1.165, 1.54) is 11.0 Å². The molecule has 1 aromatic rings. The Morgan fingerprint density at radius 3 is 2.45 bits per heavy atom. The van der Waals surface area contributed by atoms with Gasteiger partial charge in [0.25, 0.3) is 0 Å². The molecule has 2 amide bonds. The molecule has 0 radical (unpaired) electrons. The van der Waals surface area contributed by atoms with Crippen molar-refractivity contribution in [3.05, 3.63) is 27.7 Å². The van der Waals surface area contributed by atoms with Gasteiger partial charge in [-0.1, -0.05) is 23.2 Å². The number of phenolic OH excluding ortho intramolecular Hbond substituents is 1. The van der Waals surface area contributed by atoms with Crippen molar-refractivity contribution in [3.63, 3.8) is 0 Å². The van der Waals surface area contributed by atoms with Crippen LogP contribution in [0.2, 0.25) is 10.0 Å². The van der Waals surface area contributed by atoms with Crippen LogP contribution < -0.4 is 0 Å². The van der Waals surface area contributed by atoms with E-state index in [0.29, 0.717) is 17.1 Å². The van der Waals surface area contributed by atoms with Crippen LogP contribution in [0.15, 0.2) is 12.1 Å². The van der Waals surface area contributed by atoms with E-state index in [2.05, 4.69) is 0 Å². The smallest absolute Gasteiger partial charge is 0.230 e. The summed E-state index contributed by atoms with van der Waals surface area (Å²) in [6, 6.07) is 3.06. The molecule has 5 nitrogen and oxygen atoms in total. The summed E-state index contributed by atoms with van der Waals surface area (Å²) >= 11 is 11.7. The van der Waals surface area contributed by atoms with Crippen LogP contribution in [0.3, 0.4) is 0 Å². The number of imide groups is 1. The van der Waals surface area contributed by atoms with Crippen molar-refractivity contribution >= 4 is 35.0 Å². The second kappa shape index (κ2) is 5.99. The minimum atomic E-state index is -0.171. The number of nitrogens with zero attached hydrogens (tertiary/aromatic N) is 2. The zero-order valence-electron chi connectivity index (χ0n) is 10.9. The maximum absolute atomic E-state index is 11.5. The largest absolute Gasteiger partial charge is 0.506 e. The van der Waals surface area contributed by atoms with Crippen LogP contribution in [0, 0.1) is 0 Å². The predicted octanol–water partition coefficient (Wildman–Crippen LogP) is 2.24. The second-order valence-corrected chi connectivity index (χ2v) is 5.61. The zero-order valence-corrected chi connectivity index (χ0v) is 12.4. The summed E-state index contributed by atoms with van der Waals surface area (Å²) in [5.41, 5.74) is 0.545. The highest BCUT2D eigenvalue weighted by atomic mass is 35.5. The van der Waals surface area contributed by atoms with Crippen LogP contribution >= 0.6 is 23.2 Å². The molecule has 0 saturated carbocycles. The van der Waals surface area contributed by atoms with E-state index in [1.807, 2.05) is 0 Å². The Morgan fingerprint density at radius 1 is 1.25 bits per heavy atom. The quantitative estimate of drug-likeness (QED) is 0.865. The molecule has 0 unspecified atom stereocenters. The van der Waals surface area contributed by atoms with E-state index in [0.717, 1.165) is 0 Å². The number of aromatic hydroxyl groups is 1. The highest BCUT2D eigenvalue weighted by Gasteiger charge is 2.29. The van der Waals surface area contributed by atoms with Crippen molar-refractivity contribution in [2.75, 3.05) is 13.7 Å². The number of carbonyl (C=O) groups is 2. The lowest BCUT2D eigenvalue weighted by Gasteiger charge is -2.23. The maximum Gasteiger partial charge on any atom is 0.230 e. The molecule has 108 valence electrons. The number of likely N-dealkylation sites (tertiary alicyclic amines) is 1. The van der Waals surface area contributed by atoms with Gasteiger partial charge in [0.05, 0.1) is 11.7 Å². The van der Waals surface area contributed by atoms with E-state index in [-0.39, 0.29) is 42.1 Å². The summed E-state index contributed by atoms with van der Waals surface area (Å²) in [6.07, 6.45) is 0.530. The summed E-state index contributed by atoms with van der Waals surface area (Å²) < 4.78 is 0. The molecule has 0 spiro atoms. The molecule has 1 aliphatic heterocycles. The van der Waals surface area contributed by atoms with Crippen LogP contribution in [-0.4, -0.2) is 40.4 Å². The first-order valence-electron chi connectivity index (χ1n) is 6.07. The highest BCUT2D eigenvalue weighted by molar-refractivity contribution is 6.35. The van der Waals surface area contributed by atoms with Crippen molar-refractivity contribution in [2.45, 2.75) is 19.4 Å². The number of benzene rings is 1. The van der Waals surface area contributed by atoms with Gasteiger partial charge in [0.15, 0.2) is 0 Å². The van der Waals surface area contributed by atoms with Crippen molar-refractivity contribution in [2.24, 2.45) is 0 Å². The van der Waals surface area contributed by atoms with Crippen LogP contribution in [0.4, 0.5) is 0 Å². The van der Waals surface area contributed by atoms with Gasteiger partial charge in [-0.3, -0.25) is 19.4 Å². The fourth-order valence-corrected chi connectivity index (χ4v) is 2.64. The molecule has 0 aromatic heterocycles. The lowest BCUT2D eigenvalue weighted by molar-refractivity contribution is -0.140. The average Bonchev–Trinajstić information content (AvgIpc) is 2.67. The van der Waals surface area contributed by atoms with Gasteiger partial charge >= 0.3 is 0 Å². The van der Waals surface area contributed by atoms with Gasteiger partial charge in [-0.2, -0.15) is 0 Å². The molecule has 1 fully saturated rings. The minimum Gasteiger partial charge on any atom is -0.506 e. The van der Waals surface area contributed by atoms with Gasteiger partial charge in [0.1, 0.15) is 5.75 Å². The molecule has 0 atom stereocenters. The van der Waals surface area contributed by atoms with Gasteiger partial charge < -0.3 is 5.11 Å². The van der Waals surface area contributed by atoms with Crippen LogP contribution in [0.25, 0.3) is 0 Å². The number of hydrogen-bond acceptors (Lipinski definition) is 4. The molecular formula is C13H14Cl2N2O3. The monoisotopic (exact) mass is 316 g/mol. The molecule has 1 aliphatic rings. The lowest BCUT2D eigenvalue weighted by Crippen LogP contribution is -2.38. The van der Waals surface area contributed by atoms with Crippen LogP contribution in [0.5, 0.6) is 5.75 Å². The Kier molecular flexibility index (Phi) is 4.52. The molecule has 2 rings (SSSR count). The number of rotatable bonds is 4. The Bertz CT molecular complexity index is 547. The topological polar surface area (TPSA) is 60.9 Å². The molecule has 1 N–H and O–H groups in total.